The summed E-state index contributed by atoms with van der Waals surface area (Å²) in [6.45, 7) is 0.00872. The van der Waals surface area contributed by atoms with Gasteiger partial charge in [-0.2, -0.15) is 0 Å². The molecule has 0 aliphatic heterocycles. The Morgan fingerprint density at radius 3 is 2.86 bits per heavy atom. The van der Waals surface area contributed by atoms with Crippen LogP contribution in [0.4, 0.5) is 0 Å². The van der Waals surface area contributed by atoms with E-state index in [9.17, 15) is 4.79 Å². The fraction of sp³-hybridized carbons (Fsp3) is 0.0588. The molecule has 0 saturated carbocycles. The highest BCUT2D eigenvalue weighted by molar-refractivity contribution is 9.10. The molecule has 0 aliphatic carbocycles. The van der Waals surface area contributed by atoms with Crippen molar-refractivity contribution >= 4 is 32.6 Å². The number of ketones is 1. The Morgan fingerprint density at radius 2 is 2.00 bits per heavy atom. The minimum absolute atomic E-state index is 0.00872. The summed E-state index contributed by atoms with van der Waals surface area (Å²) in [4.78, 5) is 16.3. The second-order valence-corrected chi connectivity index (χ2v) is 5.50. The lowest BCUT2D eigenvalue weighted by atomic mass is 10.1. The van der Waals surface area contributed by atoms with Crippen molar-refractivity contribution in [3.8, 4) is 5.75 Å². The molecule has 3 nitrogen and oxygen atoms in total. The molecule has 1 heterocycles. The Bertz CT molecular complexity index is 801. The maximum absolute atomic E-state index is 12.1. The van der Waals surface area contributed by atoms with Gasteiger partial charge < -0.3 is 4.74 Å². The number of carbonyl (C=O) groups excluding carboxylic acids is 1. The van der Waals surface area contributed by atoms with Crippen LogP contribution < -0.4 is 4.74 Å². The lowest BCUT2D eigenvalue weighted by molar-refractivity contribution is 0.0921. The quantitative estimate of drug-likeness (QED) is 0.665. The minimum Gasteiger partial charge on any atom is -0.485 e. The molecule has 0 fully saturated rings. The summed E-state index contributed by atoms with van der Waals surface area (Å²) in [5.41, 5.74) is 1.48. The van der Waals surface area contributed by atoms with E-state index < -0.39 is 0 Å². The van der Waals surface area contributed by atoms with Crippen LogP contribution in [0.2, 0.25) is 0 Å². The summed E-state index contributed by atoms with van der Waals surface area (Å²) < 4.78 is 6.44. The van der Waals surface area contributed by atoms with Gasteiger partial charge in [0.05, 0.1) is 5.52 Å². The SMILES string of the molecule is O=C(COc1ccc2cccnc2c1)c1cccc(Br)c1. The van der Waals surface area contributed by atoms with Crippen LogP contribution in [-0.4, -0.2) is 17.4 Å². The maximum Gasteiger partial charge on any atom is 0.200 e. The standard InChI is InChI=1S/C17H12BrNO2/c18-14-5-1-3-13(9-14)17(20)11-21-15-7-6-12-4-2-8-19-16(12)10-15/h1-10H,11H2. The van der Waals surface area contributed by atoms with Crippen molar-refractivity contribution < 1.29 is 9.53 Å². The van der Waals surface area contributed by atoms with E-state index in [2.05, 4.69) is 20.9 Å². The third kappa shape index (κ3) is 3.28. The Balaban J connectivity index is 1.72. The Morgan fingerprint density at radius 1 is 1.10 bits per heavy atom. The van der Waals surface area contributed by atoms with E-state index in [-0.39, 0.29) is 12.4 Å². The van der Waals surface area contributed by atoms with Gasteiger partial charge in [-0.05, 0) is 30.3 Å². The van der Waals surface area contributed by atoms with E-state index in [1.54, 1.807) is 18.3 Å². The number of nitrogens with zero attached hydrogens (tertiary/aromatic N) is 1. The third-order valence-corrected chi connectivity index (χ3v) is 3.59. The monoisotopic (exact) mass is 341 g/mol. The summed E-state index contributed by atoms with van der Waals surface area (Å²) in [6.07, 6.45) is 1.73. The van der Waals surface area contributed by atoms with E-state index in [4.69, 9.17) is 4.74 Å². The smallest absolute Gasteiger partial charge is 0.200 e. The van der Waals surface area contributed by atoms with Crippen molar-refractivity contribution in [3.63, 3.8) is 0 Å². The number of pyridine rings is 1. The predicted molar refractivity (Wildman–Crippen MR) is 85.7 cm³/mol. The van der Waals surface area contributed by atoms with Gasteiger partial charge in [0.25, 0.3) is 0 Å². The normalized spacial score (nSPS) is 10.5. The summed E-state index contributed by atoms with van der Waals surface area (Å²) >= 11 is 3.35. The van der Waals surface area contributed by atoms with Crippen LogP contribution in [0.15, 0.2) is 65.3 Å². The Labute approximate surface area is 130 Å². The van der Waals surface area contributed by atoms with Gasteiger partial charge in [0.2, 0.25) is 0 Å². The molecular formula is C17H12BrNO2. The van der Waals surface area contributed by atoms with Gasteiger partial charge in [-0.3, -0.25) is 9.78 Å². The number of fused-ring (bicyclic) bond motifs is 1. The minimum atomic E-state index is -0.0579. The summed E-state index contributed by atoms with van der Waals surface area (Å²) in [5, 5.41) is 1.04. The first-order valence-corrected chi connectivity index (χ1v) is 7.28. The molecule has 1 aromatic heterocycles. The first-order chi connectivity index (χ1) is 10.2. The largest absolute Gasteiger partial charge is 0.485 e. The average molecular weight is 342 g/mol. The first kappa shape index (κ1) is 13.8. The second kappa shape index (κ2) is 6.06. The zero-order chi connectivity index (χ0) is 14.7. The summed E-state index contributed by atoms with van der Waals surface area (Å²) in [5.74, 6) is 0.585. The number of benzene rings is 2. The van der Waals surface area contributed by atoms with Gasteiger partial charge in [-0.15, -0.1) is 0 Å². The fourth-order valence-electron chi connectivity index (χ4n) is 2.03. The van der Waals surface area contributed by atoms with E-state index in [0.29, 0.717) is 11.3 Å². The third-order valence-electron chi connectivity index (χ3n) is 3.09. The van der Waals surface area contributed by atoms with Crippen molar-refractivity contribution in [2.24, 2.45) is 0 Å². The van der Waals surface area contributed by atoms with E-state index in [1.165, 1.54) is 0 Å². The highest BCUT2D eigenvalue weighted by atomic mass is 79.9. The zero-order valence-corrected chi connectivity index (χ0v) is 12.7. The van der Waals surface area contributed by atoms with Crippen molar-refractivity contribution in [2.75, 3.05) is 6.61 Å². The molecule has 0 N–H and O–H groups in total. The van der Waals surface area contributed by atoms with Crippen LogP contribution in [0.1, 0.15) is 10.4 Å². The van der Waals surface area contributed by atoms with Gasteiger partial charge in [-0.25, -0.2) is 0 Å². The lowest BCUT2D eigenvalue weighted by Crippen LogP contribution is -2.11. The van der Waals surface area contributed by atoms with E-state index >= 15 is 0 Å². The molecule has 0 saturated heterocycles. The molecule has 4 heteroatoms. The lowest BCUT2D eigenvalue weighted by Gasteiger charge is -2.06. The van der Waals surface area contributed by atoms with E-state index in [0.717, 1.165) is 15.4 Å². The Kier molecular flexibility index (Phi) is 3.97. The number of halogens is 1. The Hall–Kier alpha value is -2.20. The number of carbonyl (C=O) groups is 1. The van der Waals surface area contributed by atoms with E-state index in [1.807, 2.05) is 42.5 Å². The fourth-order valence-corrected chi connectivity index (χ4v) is 2.43. The number of aromatic nitrogens is 1. The van der Waals surface area contributed by atoms with Gasteiger partial charge in [-0.1, -0.05) is 34.1 Å². The number of rotatable bonds is 4. The van der Waals surface area contributed by atoms with Crippen molar-refractivity contribution in [2.45, 2.75) is 0 Å². The molecule has 21 heavy (non-hydrogen) atoms. The molecule has 0 aliphatic rings. The molecule has 0 unspecified atom stereocenters. The number of Topliss-reactive ketones (excluding diaryl/α,β-unsaturated/α-hetero) is 1. The maximum atomic E-state index is 12.1. The molecular weight excluding hydrogens is 330 g/mol. The van der Waals surface area contributed by atoms with Crippen molar-refractivity contribution in [3.05, 3.63) is 70.8 Å². The van der Waals surface area contributed by atoms with Crippen molar-refractivity contribution in [1.29, 1.82) is 0 Å². The van der Waals surface area contributed by atoms with Crippen LogP contribution in [0.25, 0.3) is 10.9 Å². The number of hydrogen-bond acceptors (Lipinski definition) is 3. The molecule has 0 amide bonds. The molecule has 3 rings (SSSR count). The van der Waals surface area contributed by atoms with Gasteiger partial charge in [0, 0.05) is 27.7 Å². The van der Waals surface area contributed by atoms with Crippen LogP contribution in [-0.2, 0) is 0 Å². The topological polar surface area (TPSA) is 39.2 Å². The van der Waals surface area contributed by atoms with Gasteiger partial charge >= 0.3 is 0 Å². The molecule has 3 aromatic rings. The molecule has 104 valence electrons. The summed E-state index contributed by atoms with van der Waals surface area (Å²) in [7, 11) is 0. The average Bonchev–Trinajstić information content (AvgIpc) is 2.52. The molecule has 0 spiro atoms. The molecule has 0 bridgehead atoms. The second-order valence-electron chi connectivity index (χ2n) is 4.58. The predicted octanol–water partition coefficient (Wildman–Crippen LogP) is 4.26. The first-order valence-electron chi connectivity index (χ1n) is 6.49. The van der Waals surface area contributed by atoms with Crippen molar-refractivity contribution in [1.82, 2.24) is 4.98 Å². The zero-order valence-electron chi connectivity index (χ0n) is 11.1. The summed E-state index contributed by atoms with van der Waals surface area (Å²) in [6, 6.07) is 16.8. The molecule has 0 atom stereocenters. The van der Waals surface area contributed by atoms with Crippen LogP contribution >= 0.6 is 15.9 Å². The van der Waals surface area contributed by atoms with Gasteiger partial charge in [0.1, 0.15) is 5.75 Å². The van der Waals surface area contributed by atoms with Gasteiger partial charge in [0.15, 0.2) is 12.4 Å². The van der Waals surface area contributed by atoms with Crippen LogP contribution in [0, 0.1) is 0 Å². The van der Waals surface area contributed by atoms with Crippen LogP contribution in [0.3, 0.4) is 0 Å². The number of hydrogen-bond donors (Lipinski definition) is 0. The van der Waals surface area contributed by atoms with Crippen LogP contribution in [0.5, 0.6) is 5.75 Å². The highest BCUT2D eigenvalue weighted by Crippen LogP contribution is 2.19. The number of ether oxygens (including phenoxy) is 1. The molecule has 2 aromatic carbocycles. The molecule has 0 radical (unpaired) electrons. The highest BCUT2D eigenvalue weighted by Gasteiger charge is 2.07.